The minimum absolute atomic E-state index is 1.19. The molecule has 0 spiro atoms. The van der Waals surface area contributed by atoms with Crippen LogP contribution in [-0.4, -0.2) is 6.66 Å². The van der Waals surface area contributed by atoms with Crippen molar-refractivity contribution in [1.82, 2.24) is 0 Å². The molecule has 114 valence electrons. The van der Waals surface area contributed by atoms with Crippen LogP contribution in [0.4, 0.5) is 0 Å². The van der Waals surface area contributed by atoms with Gasteiger partial charge in [0.25, 0.3) is 0 Å². The Labute approximate surface area is 143 Å². The van der Waals surface area contributed by atoms with Gasteiger partial charge in [-0.1, -0.05) is 103 Å². The van der Waals surface area contributed by atoms with E-state index in [0.29, 0.717) is 0 Å². The van der Waals surface area contributed by atoms with Gasteiger partial charge in [0.1, 0.15) is 0 Å². The fourth-order valence-electron chi connectivity index (χ4n) is 2.62. The summed E-state index contributed by atoms with van der Waals surface area (Å²) >= 11 is 6.16. The molecule has 2 heteroatoms. The predicted octanol–water partition coefficient (Wildman–Crippen LogP) is 5.62. The van der Waals surface area contributed by atoms with Crippen LogP contribution in [-0.2, 0) is 11.8 Å². The Morgan fingerprint density at radius 2 is 1.22 bits per heavy atom. The number of hydrogen-bond acceptors (Lipinski definition) is 1. The first-order valence-electron chi connectivity index (χ1n) is 7.64. The van der Waals surface area contributed by atoms with E-state index in [1.54, 1.807) is 0 Å². The van der Waals surface area contributed by atoms with Crippen LogP contribution < -0.4 is 5.30 Å². The molecule has 1 atom stereocenters. The summed E-state index contributed by atoms with van der Waals surface area (Å²) in [5.41, 5.74) is 2.41. The molecule has 3 aromatic rings. The summed E-state index contributed by atoms with van der Waals surface area (Å²) in [5.74, 6) is 0. The molecule has 1 unspecified atom stereocenters. The monoisotopic (exact) mass is 334 g/mol. The van der Waals surface area contributed by atoms with Gasteiger partial charge in [0.15, 0.2) is 0 Å². The maximum atomic E-state index is 6.16. The number of benzene rings is 3. The highest BCUT2D eigenvalue weighted by Gasteiger charge is 2.20. The highest BCUT2D eigenvalue weighted by molar-refractivity contribution is 8.22. The summed E-state index contributed by atoms with van der Waals surface area (Å²) in [4.78, 5) is 0. The van der Waals surface area contributed by atoms with E-state index in [0.717, 1.165) is 0 Å². The zero-order valence-corrected chi connectivity index (χ0v) is 14.8. The lowest BCUT2D eigenvalue weighted by Gasteiger charge is -2.22. The molecule has 0 fully saturated rings. The SMILES string of the molecule is CP(=S)(/C(=C/c1ccccc1)c1ccccc1)c1ccccc1. The van der Waals surface area contributed by atoms with Crippen LogP contribution in [0.15, 0.2) is 91.0 Å². The van der Waals surface area contributed by atoms with Gasteiger partial charge in [-0.25, -0.2) is 0 Å². The van der Waals surface area contributed by atoms with Crippen LogP contribution in [0.25, 0.3) is 11.4 Å². The van der Waals surface area contributed by atoms with Crippen molar-refractivity contribution < 1.29 is 0 Å². The zero-order valence-electron chi connectivity index (χ0n) is 13.1. The van der Waals surface area contributed by atoms with E-state index in [1.807, 2.05) is 18.2 Å². The second kappa shape index (κ2) is 7.08. The van der Waals surface area contributed by atoms with E-state index in [4.69, 9.17) is 11.8 Å². The third kappa shape index (κ3) is 3.69. The standard InChI is InChI=1S/C21H19PS/c1-22(23,20-15-9-4-10-16-20)21(19-13-7-3-8-14-19)17-18-11-5-2-6-12-18/h2-17H,1H3/b21-17+. The van der Waals surface area contributed by atoms with E-state index in [2.05, 4.69) is 85.5 Å². The van der Waals surface area contributed by atoms with Gasteiger partial charge in [-0.2, -0.15) is 0 Å². The van der Waals surface area contributed by atoms with Crippen LogP contribution in [0.1, 0.15) is 11.1 Å². The van der Waals surface area contributed by atoms with Crippen molar-refractivity contribution in [3.05, 3.63) is 102 Å². The summed E-state index contributed by atoms with van der Waals surface area (Å²) in [6.07, 6.45) is 2.25. The van der Waals surface area contributed by atoms with Crippen LogP contribution in [0.2, 0.25) is 0 Å². The van der Waals surface area contributed by atoms with Crippen LogP contribution in [0, 0.1) is 0 Å². The predicted molar refractivity (Wildman–Crippen MR) is 107 cm³/mol. The minimum atomic E-state index is -1.85. The van der Waals surface area contributed by atoms with Crippen molar-refractivity contribution in [3.63, 3.8) is 0 Å². The molecular weight excluding hydrogens is 315 g/mol. The molecule has 0 aliphatic heterocycles. The summed E-state index contributed by atoms with van der Waals surface area (Å²) in [6.45, 7) is 2.22. The first-order chi connectivity index (χ1) is 11.2. The molecule has 23 heavy (non-hydrogen) atoms. The van der Waals surface area contributed by atoms with Crippen molar-refractivity contribution in [2.45, 2.75) is 0 Å². The molecule has 0 radical (unpaired) electrons. The van der Waals surface area contributed by atoms with Crippen molar-refractivity contribution in [2.24, 2.45) is 0 Å². The smallest absolute Gasteiger partial charge is 0.00822 e. The van der Waals surface area contributed by atoms with Crippen molar-refractivity contribution >= 4 is 34.5 Å². The van der Waals surface area contributed by atoms with Gasteiger partial charge in [0.2, 0.25) is 0 Å². The fourth-order valence-corrected chi connectivity index (χ4v) is 5.52. The van der Waals surface area contributed by atoms with Crippen LogP contribution in [0.5, 0.6) is 0 Å². The van der Waals surface area contributed by atoms with Crippen LogP contribution >= 0.6 is 6.04 Å². The third-order valence-corrected chi connectivity index (χ3v) is 7.69. The molecule has 0 saturated carbocycles. The molecule has 0 amide bonds. The third-order valence-electron chi connectivity index (χ3n) is 3.88. The Balaban J connectivity index is 2.17. The van der Waals surface area contributed by atoms with Gasteiger partial charge in [-0.05, 0) is 34.5 Å². The summed E-state index contributed by atoms with van der Waals surface area (Å²) < 4.78 is 0. The van der Waals surface area contributed by atoms with E-state index >= 15 is 0 Å². The van der Waals surface area contributed by atoms with Crippen molar-refractivity contribution in [1.29, 1.82) is 0 Å². The lowest BCUT2D eigenvalue weighted by molar-refractivity contribution is 1.63. The fraction of sp³-hybridized carbons (Fsp3) is 0.0476. The molecule has 0 aliphatic carbocycles. The molecule has 0 aliphatic rings. The van der Waals surface area contributed by atoms with Crippen molar-refractivity contribution in [3.8, 4) is 0 Å². The highest BCUT2D eigenvalue weighted by Crippen LogP contribution is 2.55. The molecule has 3 rings (SSSR count). The Morgan fingerprint density at radius 1 is 0.739 bits per heavy atom. The normalized spacial score (nSPS) is 14.2. The number of hydrogen-bond donors (Lipinski definition) is 0. The quantitative estimate of drug-likeness (QED) is 0.441. The first kappa shape index (κ1) is 15.9. The van der Waals surface area contributed by atoms with E-state index < -0.39 is 6.04 Å². The van der Waals surface area contributed by atoms with Gasteiger partial charge in [0.05, 0.1) is 0 Å². The minimum Gasteiger partial charge on any atom is -0.0879 e. The number of rotatable bonds is 4. The molecule has 0 saturated heterocycles. The Morgan fingerprint density at radius 3 is 1.78 bits per heavy atom. The molecule has 0 heterocycles. The summed E-state index contributed by atoms with van der Waals surface area (Å²) in [7, 11) is 0. The molecule has 0 aromatic heterocycles. The van der Waals surface area contributed by atoms with E-state index in [-0.39, 0.29) is 0 Å². The first-order valence-corrected chi connectivity index (χ1v) is 10.9. The lowest BCUT2D eigenvalue weighted by atomic mass is 10.1. The lowest BCUT2D eigenvalue weighted by Crippen LogP contribution is -2.04. The Kier molecular flexibility index (Phi) is 4.91. The van der Waals surface area contributed by atoms with Gasteiger partial charge in [-0.3, -0.25) is 0 Å². The largest absolute Gasteiger partial charge is 0.0879 e. The van der Waals surface area contributed by atoms with Crippen LogP contribution in [0.3, 0.4) is 0 Å². The molecule has 0 N–H and O–H groups in total. The second-order valence-electron chi connectivity index (χ2n) is 5.57. The highest BCUT2D eigenvalue weighted by atomic mass is 32.4. The average molecular weight is 334 g/mol. The molecule has 3 aromatic carbocycles. The molecular formula is C21H19PS. The average Bonchev–Trinajstić information content (AvgIpc) is 2.62. The van der Waals surface area contributed by atoms with Gasteiger partial charge in [0, 0.05) is 6.04 Å². The topological polar surface area (TPSA) is 0 Å². The Hall–Kier alpha value is -1.95. The summed E-state index contributed by atoms with van der Waals surface area (Å²) in [5, 5.41) is 2.51. The van der Waals surface area contributed by atoms with E-state index in [1.165, 1.54) is 21.7 Å². The zero-order chi connectivity index (χ0) is 16.1. The second-order valence-corrected chi connectivity index (χ2v) is 10.6. The maximum absolute atomic E-state index is 6.16. The maximum Gasteiger partial charge on any atom is 0.00822 e. The van der Waals surface area contributed by atoms with E-state index in [9.17, 15) is 0 Å². The van der Waals surface area contributed by atoms with Gasteiger partial charge < -0.3 is 0 Å². The Bertz CT molecular complexity index is 837. The van der Waals surface area contributed by atoms with Crippen molar-refractivity contribution in [2.75, 3.05) is 6.66 Å². The molecule has 0 bridgehead atoms. The molecule has 0 nitrogen and oxygen atoms in total. The summed E-state index contributed by atoms with van der Waals surface area (Å²) in [6, 6.07) is 29.6. The van der Waals surface area contributed by atoms with Gasteiger partial charge >= 0.3 is 0 Å². The van der Waals surface area contributed by atoms with Gasteiger partial charge in [-0.15, -0.1) is 0 Å².